The van der Waals surface area contributed by atoms with Crippen molar-refractivity contribution in [2.24, 2.45) is 0 Å². The van der Waals surface area contributed by atoms with E-state index in [1.54, 1.807) is 12.1 Å². The zero-order valence-electron chi connectivity index (χ0n) is 15.7. The molecule has 0 bridgehead atoms. The van der Waals surface area contributed by atoms with Crippen LogP contribution in [0.25, 0.3) is 0 Å². The number of fused-ring (bicyclic) bond motifs is 1. The van der Waals surface area contributed by atoms with Crippen molar-refractivity contribution in [3.63, 3.8) is 0 Å². The molecule has 0 amide bonds. The molecule has 0 atom stereocenters. The van der Waals surface area contributed by atoms with E-state index in [-0.39, 0.29) is 5.82 Å². The zero-order valence-corrected chi connectivity index (χ0v) is 15.7. The molecule has 0 fully saturated rings. The molecular formula is C22H23FN4. The summed E-state index contributed by atoms with van der Waals surface area (Å²) in [5.41, 5.74) is 5.70. The molecule has 1 aliphatic heterocycles. The van der Waals surface area contributed by atoms with Crippen molar-refractivity contribution in [3.8, 4) is 0 Å². The Morgan fingerprint density at radius 2 is 1.78 bits per heavy atom. The number of nitrogens with zero attached hydrogens (tertiary/aromatic N) is 3. The summed E-state index contributed by atoms with van der Waals surface area (Å²) < 4.78 is 13.2. The van der Waals surface area contributed by atoms with Crippen LogP contribution in [0.4, 0.5) is 21.8 Å². The molecule has 4 nitrogen and oxygen atoms in total. The molecule has 0 saturated carbocycles. The molecule has 0 unspecified atom stereocenters. The van der Waals surface area contributed by atoms with Crippen molar-refractivity contribution in [2.45, 2.75) is 33.2 Å². The van der Waals surface area contributed by atoms with E-state index in [2.05, 4.69) is 53.3 Å². The van der Waals surface area contributed by atoms with Gasteiger partial charge in [-0.05, 0) is 55.2 Å². The second-order valence-electron chi connectivity index (χ2n) is 6.87. The summed E-state index contributed by atoms with van der Waals surface area (Å²) in [6.07, 6.45) is 1.85. The standard InChI is InChI=1S/C22H23FN4/c1-3-20-15(2)21(27-13-12-16-6-4-5-7-17(16)14-27)26-22(25-20)24-19-10-8-18(23)9-11-19/h4-11H,3,12-14H2,1-2H3,(H,24,25,26). The van der Waals surface area contributed by atoms with Gasteiger partial charge in [0.05, 0.1) is 5.69 Å². The van der Waals surface area contributed by atoms with Gasteiger partial charge in [-0.1, -0.05) is 31.2 Å². The number of aryl methyl sites for hydroxylation is 1. The number of benzene rings is 2. The minimum absolute atomic E-state index is 0.257. The number of aromatic nitrogens is 2. The SMILES string of the molecule is CCc1nc(Nc2ccc(F)cc2)nc(N2CCc3ccccc3C2)c1C. The van der Waals surface area contributed by atoms with Gasteiger partial charge in [-0.2, -0.15) is 4.98 Å². The summed E-state index contributed by atoms with van der Waals surface area (Å²) in [5, 5.41) is 3.22. The molecule has 0 spiro atoms. The lowest BCUT2D eigenvalue weighted by Crippen LogP contribution is -2.32. The highest BCUT2D eigenvalue weighted by molar-refractivity contribution is 5.59. The van der Waals surface area contributed by atoms with Crippen molar-refractivity contribution >= 4 is 17.5 Å². The van der Waals surface area contributed by atoms with Crippen molar-refractivity contribution in [2.75, 3.05) is 16.8 Å². The fraction of sp³-hybridized carbons (Fsp3) is 0.273. The Morgan fingerprint density at radius 1 is 1.04 bits per heavy atom. The number of halogens is 1. The monoisotopic (exact) mass is 362 g/mol. The topological polar surface area (TPSA) is 41.1 Å². The van der Waals surface area contributed by atoms with E-state index in [1.165, 1.54) is 23.3 Å². The molecule has 3 aromatic rings. The summed E-state index contributed by atoms with van der Waals surface area (Å²) in [6, 6.07) is 14.8. The predicted octanol–water partition coefficient (Wildman–Crippen LogP) is 4.79. The molecule has 1 aliphatic rings. The molecule has 0 radical (unpaired) electrons. The average molecular weight is 362 g/mol. The Morgan fingerprint density at radius 3 is 2.52 bits per heavy atom. The molecule has 2 heterocycles. The quantitative estimate of drug-likeness (QED) is 0.724. The van der Waals surface area contributed by atoms with E-state index in [0.29, 0.717) is 5.95 Å². The number of hydrogen-bond acceptors (Lipinski definition) is 4. The molecule has 0 saturated heterocycles. The molecule has 1 aromatic heterocycles. The first-order chi connectivity index (χ1) is 13.1. The largest absolute Gasteiger partial charge is 0.352 e. The van der Waals surface area contributed by atoms with Crippen LogP contribution in [0.3, 0.4) is 0 Å². The second-order valence-corrected chi connectivity index (χ2v) is 6.87. The fourth-order valence-electron chi connectivity index (χ4n) is 3.60. The Bertz CT molecular complexity index is 953. The Hall–Kier alpha value is -2.95. The molecule has 27 heavy (non-hydrogen) atoms. The normalized spacial score (nSPS) is 13.4. The number of anilines is 3. The first-order valence-electron chi connectivity index (χ1n) is 9.36. The van der Waals surface area contributed by atoms with Crippen molar-refractivity contribution in [3.05, 3.63) is 76.7 Å². The van der Waals surface area contributed by atoms with Gasteiger partial charge in [-0.3, -0.25) is 0 Å². The molecular weight excluding hydrogens is 339 g/mol. The van der Waals surface area contributed by atoms with Crippen molar-refractivity contribution in [1.82, 2.24) is 9.97 Å². The average Bonchev–Trinajstić information content (AvgIpc) is 2.70. The maximum absolute atomic E-state index is 13.2. The van der Waals surface area contributed by atoms with E-state index in [4.69, 9.17) is 4.98 Å². The van der Waals surface area contributed by atoms with Gasteiger partial charge in [-0.15, -0.1) is 0 Å². The smallest absolute Gasteiger partial charge is 0.229 e. The van der Waals surface area contributed by atoms with E-state index >= 15 is 0 Å². The highest BCUT2D eigenvalue weighted by atomic mass is 19.1. The summed E-state index contributed by atoms with van der Waals surface area (Å²) in [4.78, 5) is 11.8. The van der Waals surface area contributed by atoms with Gasteiger partial charge in [0.1, 0.15) is 11.6 Å². The van der Waals surface area contributed by atoms with Crippen LogP contribution < -0.4 is 10.2 Å². The van der Waals surface area contributed by atoms with Gasteiger partial charge in [0.2, 0.25) is 5.95 Å². The lowest BCUT2D eigenvalue weighted by Gasteiger charge is -2.31. The molecule has 4 rings (SSSR count). The highest BCUT2D eigenvalue weighted by Gasteiger charge is 2.21. The van der Waals surface area contributed by atoms with E-state index in [0.717, 1.165) is 48.7 Å². The third kappa shape index (κ3) is 3.63. The summed E-state index contributed by atoms with van der Waals surface area (Å²) in [7, 11) is 0. The van der Waals surface area contributed by atoms with Gasteiger partial charge in [0, 0.05) is 24.3 Å². The zero-order chi connectivity index (χ0) is 18.8. The Kier molecular flexibility index (Phi) is 4.75. The fourth-order valence-corrected chi connectivity index (χ4v) is 3.60. The van der Waals surface area contributed by atoms with E-state index < -0.39 is 0 Å². The van der Waals surface area contributed by atoms with Crippen LogP contribution in [0, 0.1) is 12.7 Å². The first kappa shape index (κ1) is 17.5. The summed E-state index contributed by atoms with van der Waals surface area (Å²) in [6.45, 7) is 5.99. The molecule has 0 aliphatic carbocycles. The minimum Gasteiger partial charge on any atom is -0.352 e. The second kappa shape index (κ2) is 7.35. The predicted molar refractivity (Wildman–Crippen MR) is 107 cm³/mol. The van der Waals surface area contributed by atoms with Gasteiger partial charge in [0.25, 0.3) is 0 Å². The van der Waals surface area contributed by atoms with Crippen molar-refractivity contribution < 1.29 is 4.39 Å². The van der Waals surface area contributed by atoms with Crippen LogP contribution in [-0.4, -0.2) is 16.5 Å². The van der Waals surface area contributed by atoms with Gasteiger partial charge >= 0.3 is 0 Å². The first-order valence-corrected chi connectivity index (χ1v) is 9.36. The highest BCUT2D eigenvalue weighted by Crippen LogP contribution is 2.28. The molecule has 1 N–H and O–H groups in total. The van der Waals surface area contributed by atoms with Gasteiger partial charge in [0.15, 0.2) is 0 Å². The Balaban J connectivity index is 1.67. The van der Waals surface area contributed by atoms with Crippen LogP contribution >= 0.6 is 0 Å². The molecule has 2 aromatic carbocycles. The summed E-state index contributed by atoms with van der Waals surface area (Å²) >= 11 is 0. The van der Waals surface area contributed by atoms with Crippen LogP contribution in [-0.2, 0) is 19.4 Å². The lowest BCUT2D eigenvalue weighted by molar-refractivity contribution is 0.628. The van der Waals surface area contributed by atoms with Gasteiger partial charge in [-0.25, -0.2) is 9.37 Å². The molecule has 5 heteroatoms. The minimum atomic E-state index is -0.257. The third-order valence-corrected chi connectivity index (χ3v) is 5.09. The Labute approximate surface area is 159 Å². The van der Waals surface area contributed by atoms with Crippen LogP contribution in [0.2, 0.25) is 0 Å². The summed E-state index contributed by atoms with van der Waals surface area (Å²) in [5.74, 6) is 1.27. The van der Waals surface area contributed by atoms with Crippen LogP contribution in [0.1, 0.15) is 29.3 Å². The van der Waals surface area contributed by atoms with Gasteiger partial charge < -0.3 is 10.2 Å². The lowest BCUT2D eigenvalue weighted by atomic mass is 9.99. The van der Waals surface area contributed by atoms with Crippen LogP contribution in [0.5, 0.6) is 0 Å². The number of rotatable bonds is 4. The van der Waals surface area contributed by atoms with E-state index in [9.17, 15) is 4.39 Å². The van der Waals surface area contributed by atoms with Crippen molar-refractivity contribution in [1.29, 1.82) is 0 Å². The third-order valence-electron chi connectivity index (χ3n) is 5.09. The van der Waals surface area contributed by atoms with E-state index in [1.807, 2.05) is 0 Å². The number of hydrogen-bond donors (Lipinski definition) is 1. The maximum atomic E-state index is 13.2. The molecule has 138 valence electrons. The number of nitrogens with one attached hydrogen (secondary N) is 1. The maximum Gasteiger partial charge on any atom is 0.229 e. The van der Waals surface area contributed by atoms with Crippen LogP contribution in [0.15, 0.2) is 48.5 Å².